The standard InChI is InChI=1S/C22H23Cl2N5O2S/c1-15-2-3-17(24)12-19(15)25-21(30)14-32-22-27-26-20(13-28-8-10-31-11-9-28)29(22)18-6-4-16(23)5-7-18/h2-7,12H,8-11,13-14H2,1H3,(H,25,30). The number of aryl methyl sites for hydroxylation is 1. The molecule has 0 radical (unpaired) electrons. The number of nitrogens with zero attached hydrogens (tertiary/aromatic N) is 4. The zero-order valence-corrected chi connectivity index (χ0v) is 19.9. The first-order valence-corrected chi connectivity index (χ1v) is 11.9. The maximum Gasteiger partial charge on any atom is 0.234 e. The quantitative estimate of drug-likeness (QED) is 0.492. The first-order valence-electron chi connectivity index (χ1n) is 10.2. The summed E-state index contributed by atoms with van der Waals surface area (Å²) in [5.41, 5.74) is 2.55. The predicted molar refractivity (Wildman–Crippen MR) is 128 cm³/mol. The Hall–Kier alpha value is -2.10. The van der Waals surface area contributed by atoms with Crippen LogP contribution in [0.2, 0.25) is 10.0 Å². The van der Waals surface area contributed by atoms with Gasteiger partial charge < -0.3 is 10.1 Å². The summed E-state index contributed by atoms with van der Waals surface area (Å²) in [5.74, 6) is 0.860. The summed E-state index contributed by atoms with van der Waals surface area (Å²) >= 11 is 13.5. The summed E-state index contributed by atoms with van der Waals surface area (Å²) < 4.78 is 7.42. The minimum atomic E-state index is -0.138. The molecule has 1 saturated heterocycles. The molecular weight excluding hydrogens is 469 g/mol. The van der Waals surface area contributed by atoms with Gasteiger partial charge in [-0.3, -0.25) is 14.3 Å². The third-order valence-corrected chi connectivity index (χ3v) is 6.48. The highest BCUT2D eigenvalue weighted by Crippen LogP contribution is 2.25. The van der Waals surface area contributed by atoms with Crippen molar-refractivity contribution in [3.63, 3.8) is 0 Å². The Morgan fingerprint density at radius 3 is 2.56 bits per heavy atom. The second-order valence-electron chi connectivity index (χ2n) is 7.40. The monoisotopic (exact) mass is 491 g/mol. The van der Waals surface area contributed by atoms with E-state index in [0.717, 1.165) is 30.2 Å². The highest BCUT2D eigenvalue weighted by atomic mass is 35.5. The van der Waals surface area contributed by atoms with Crippen molar-refractivity contribution in [2.75, 3.05) is 37.4 Å². The van der Waals surface area contributed by atoms with Crippen LogP contribution in [-0.4, -0.2) is 57.6 Å². The van der Waals surface area contributed by atoms with Crippen LogP contribution in [0.3, 0.4) is 0 Å². The van der Waals surface area contributed by atoms with E-state index < -0.39 is 0 Å². The lowest BCUT2D eigenvalue weighted by Crippen LogP contribution is -2.36. The molecule has 168 valence electrons. The van der Waals surface area contributed by atoms with Gasteiger partial charge in [0.15, 0.2) is 11.0 Å². The lowest BCUT2D eigenvalue weighted by Gasteiger charge is -2.26. The van der Waals surface area contributed by atoms with Crippen LogP contribution in [0.15, 0.2) is 47.6 Å². The van der Waals surface area contributed by atoms with E-state index in [2.05, 4.69) is 20.4 Å². The average molecular weight is 492 g/mol. The number of benzene rings is 2. The van der Waals surface area contributed by atoms with E-state index in [1.165, 1.54) is 11.8 Å². The summed E-state index contributed by atoms with van der Waals surface area (Å²) in [6, 6.07) is 12.9. The molecule has 1 aliphatic heterocycles. The number of carbonyl (C=O) groups excluding carboxylic acids is 1. The molecule has 0 bridgehead atoms. The SMILES string of the molecule is Cc1ccc(Cl)cc1NC(=O)CSc1nnc(CN2CCOCC2)n1-c1ccc(Cl)cc1. The molecule has 10 heteroatoms. The fraction of sp³-hybridized carbons (Fsp3) is 0.318. The number of thioether (sulfide) groups is 1. The molecule has 1 aromatic heterocycles. The molecule has 32 heavy (non-hydrogen) atoms. The van der Waals surface area contributed by atoms with E-state index in [-0.39, 0.29) is 11.7 Å². The van der Waals surface area contributed by atoms with Gasteiger partial charge in [-0.15, -0.1) is 10.2 Å². The lowest BCUT2D eigenvalue weighted by molar-refractivity contribution is -0.113. The Kier molecular flexibility index (Phi) is 7.70. The van der Waals surface area contributed by atoms with Crippen LogP contribution in [0.1, 0.15) is 11.4 Å². The molecule has 0 saturated carbocycles. The smallest absolute Gasteiger partial charge is 0.234 e. The van der Waals surface area contributed by atoms with Gasteiger partial charge in [0.2, 0.25) is 5.91 Å². The summed E-state index contributed by atoms with van der Waals surface area (Å²) in [6.07, 6.45) is 0. The number of ether oxygens (including phenoxy) is 1. The third-order valence-electron chi connectivity index (χ3n) is 5.06. The van der Waals surface area contributed by atoms with Crippen molar-refractivity contribution in [1.29, 1.82) is 0 Å². The van der Waals surface area contributed by atoms with Gasteiger partial charge in [0.1, 0.15) is 0 Å². The molecule has 0 unspecified atom stereocenters. The van der Waals surface area contributed by atoms with Gasteiger partial charge in [-0.25, -0.2) is 0 Å². The van der Waals surface area contributed by atoms with Gasteiger partial charge in [-0.05, 0) is 48.9 Å². The Morgan fingerprint density at radius 1 is 1.09 bits per heavy atom. The van der Waals surface area contributed by atoms with Crippen molar-refractivity contribution in [2.45, 2.75) is 18.6 Å². The van der Waals surface area contributed by atoms with Crippen LogP contribution in [0, 0.1) is 6.92 Å². The normalized spacial score (nSPS) is 14.5. The van der Waals surface area contributed by atoms with E-state index in [9.17, 15) is 4.79 Å². The van der Waals surface area contributed by atoms with E-state index in [1.807, 2.05) is 41.8 Å². The van der Waals surface area contributed by atoms with E-state index in [1.54, 1.807) is 12.1 Å². The van der Waals surface area contributed by atoms with Gasteiger partial charge >= 0.3 is 0 Å². The highest BCUT2D eigenvalue weighted by molar-refractivity contribution is 7.99. The molecule has 7 nitrogen and oxygen atoms in total. The van der Waals surface area contributed by atoms with Crippen molar-refractivity contribution >= 4 is 46.6 Å². The number of anilines is 1. The zero-order chi connectivity index (χ0) is 22.5. The van der Waals surface area contributed by atoms with Crippen LogP contribution >= 0.6 is 35.0 Å². The second-order valence-corrected chi connectivity index (χ2v) is 9.21. The maximum atomic E-state index is 12.6. The van der Waals surface area contributed by atoms with Crippen molar-refractivity contribution in [2.24, 2.45) is 0 Å². The number of hydrogen-bond acceptors (Lipinski definition) is 6. The largest absolute Gasteiger partial charge is 0.379 e. The first-order chi connectivity index (χ1) is 15.5. The average Bonchev–Trinajstić information content (AvgIpc) is 3.18. The lowest BCUT2D eigenvalue weighted by atomic mass is 10.2. The van der Waals surface area contributed by atoms with Crippen molar-refractivity contribution in [3.05, 3.63) is 63.9 Å². The van der Waals surface area contributed by atoms with E-state index in [4.69, 9.17) is 27.9 Å². The van der Waals surface area contributed by atoms with Crippen LogP contribution in [-0.2, 0) is 16.1 Å². The van der Waals surface area contributed by atoms with Crippen LogP contribution < -0.4 is 5.32 Å². The van der Waals surface area contributed by atoms with E-state index in [0.29, 0.717) is 40.6 Å². The molecule has 2 aromatic carbocycles. The van der Waals surface area contributed by atoms with Gasteiger partial charge in [-0.2, -0.15) is 0 Å². The first kappa shape index (κ1) is 23.1. The van der Waals surface area contributed by atoms with Crippen LogP contribution in [0.4, 0.5) is 5.69 Å². The molecule has 1 fully saturated rings. The predicted octanol–water partition coefficient (Wildman–Crippen LogP) is 4.45. The molecule has 2 heterocycles. The number of halogens is 2. The number of morpholine rings is 1. The van der Waals surface area contributed by atoms with Gasteiger partial charge in [0, 0.05) is 34.5 Å². The Labute approximate surface area is 201 Å². The molecule has 0 aliphatic carbocycles. The molecule has 0 spiro atoms. The van der Waals surface area contributed by atoms with Gasteiger partial charge in [0.05, 0.1) is 25.5 Å². The summed E-state index contributed by atoms with van der Waals surface area (Å²) in [6.45, 7) is 5.68. The number of rotatable bonds is 7. The minimum absolute atomic E-state index is 0.138. The highest BCUT2D eigenvalue weighted by Gasteiger charge is 2.20. The Morgan fingerprint density at radius 2 is 1.81 bits per heavy atom. The molecule has 0 atom stereocenters. The minimum Gasteiger partial charge on any atom is -0.379 e. The molecule has 4 rings (SSSR count). The van der Waals surface area contributed by atoms with E-state index >= 15 is 0 Å². The van der Waals surface area contributed by atoms with Crippen molar-refractivity contribution in [3.8, 4) is 5.69 Å². The topological polar surface area (TPSA) is 72.3 Å². The number of nitrogens with one attached hydrogen (secondary N) is 1. The molecule has 3 aromatic rings. The summed E-state index contributed by atoms with van der Waals surface area (Å²) in [4.78, 5) is 14.9. The van der Waals surface area contributed by atoms with Gasteiger partial charge in [0.25, 0.3) is 0 Å². The maximum absolute atomic E-state index is 12.6. The number of amides is 1. The molecule has 1 amide bonds. The van der Waals surface area contributed by atoms with Crippen molar-refractivity contribution < 1.29 is 9.53 Å². The van der Waals surface area contributed by atoms with Crippen LogP contribution in [0.25, 0.3) is 5.69 Å². The fourth-order valence-electron chi connectivity index (χ4n) is 3.35. The Balaban J connectivity index is 1.51. The van der Waals surface area contributed by atoms with Crippen LogP contribution in [0.5, 0.6) is 0 Å². The second kappa shape index (κ2) is 10.7. The molecule has 1 N–H and O–H groups in total. The number of hydrogen-bond donors (Lipinski definition) is 1. The summed E-state index contributed by atoms with van der Waals surface area (Å²) in [5, 5.41) is 13.6. The van der Waals surface area contributed by atoms with Gasteiger partial charge in [-0.1, -0.05) is 41.0 Å². The number of aromatic nitrogens is 3. The third kappa shape index (κ3) is 5.82. The summed E-state index contributed by atoms with van der Waals surface area (Å²) in [7, 11) is 0. The fourth-order valence-corrected chi connectivity index (χ4v) is 4.42. The van der Waals surface area contributed by atoms with Crippen molar-refractivity contribution in [1.82, 2.24) is 19.7 Å². The Bertz CT molecular complexity index is 1080. The number of carbonyl (C=O) groups is 1. The zero-order valence-electron chi connectivity index (χ0n) is 17.6. The molecule has 1 aliphatic rings. The molecular formula is C22H23Cl2N5O2S.